The summed E-state index contributed by atoms with van der Waals surface area (Å²) >= 11 is 6.78. The van der Waals surface area contributed by atoms with Crippen LogP contribution in [0.15, 0.2) is 34.8 Å². The van der Waals surface area contributed by atoms with Gasteiger partial charge < -0.3 is 4.74 Å². The van der Waals surface area contributed by atoms with Crippen molar-refractivity contribution in [2.75, 3.05) is 7.11 Å². The molecule has 20 heavy (non-hydrogen) atoms. The summed E-state index contributed by atoms with van der Waals surface area (Å²) in [5.41, 5.74) is 1.80. The lowest BCUT2D eigenvalue weighted by Crippen LogP contribution is -2.02. The summed E-state index contributed by atoms with van der Waals surface area (Å²) in [4.78, 5) is -0.565. The Labute approximate surface area is 133 Å². The highest BCUT2D eigenvalue weighted by Crippen LogP contribution is 2.37. The Kier molecular flexibility index (Phi) is 4.81. The zero-order chi connectivity index (χ0) is 14.9. The van der Waals surface area contributed by atoms with Gasteiger partial charge in [0.15, 0.2) is 0 Å². The van der Waals surface area contributed by atoms with Gasteiger partial charge in [0.2, 0.25) is 0 Å². The number of halogens is 4. The summed E-state index contributed by atoms with van der Waals surface area (Å²) in [6.07, 6.45) is 0. The average molecular weight is 406 g/mol. The first-order valence-corrected chi connectivity index (χ1v) is 7.58. The topological polar surface area (TPSA) is 9.23 Å². The smallest absolute Gasteiger partial charge is 0.134 e. The molecule has 0 saturated heterocycles. The van der Waals surface area contributed by atoms with Crippen LogP contribution < -0.4 is 4.74 Å². The van der Waals surface area contributed by atoms with E-state index < -0.39 is 16.5 Å². The van der Waals surface area contributed by atoms with Crippen LogP contribution in [0.1, 0.15) is 21.5 Å². The lowest BCUT2D eigenvalue weighted by molar-refractivity contribution is 0.405. The van der Waals surface area contributed by atoms with E-state index in [0.29, 0.717) is 0 Å². The molecule has 0 spiro atoms. The van der Waals surface area contributed by atoms with E-state index in [1.807, 2.05) is 25.1 Å². The van der Waals surface area contributed by atoms with E-state index in [0.717, 1.165) is 15.6 Å². The highest BCUT2D eigenvalue weighted by atomic mass is 79.9. The fraction of sp³-hybridized carbons (Fsp3) is 0.200. The lowest BCUT2D eigenvalue weighted by atomic mass is 10.0. The van der Waals surface area contributed by atoms with Crippen molar-refractivity contribution >= 4 is 31.9 Å². The van der Waals surface area contributed by atoms with E-state index in [9.17, 15) is 8.78 Å². The number of alkyl halides is 1. The number of hydrogen-bond acceptors (Lipinski definition) is 1. The third-order valence-corrected chi connectivity index (χ3v) is 4.87. The summed E-state index contributed by atoms with van der Waals surface area (Å²) in [5, 5.41) is 0. The minimum Gasteiger partial charge on any atom is -0.497 e. The molecule has 5 heteroatoms. The third kappa shape index (κ3) is 3.04. The monoisotopic (exact) mass is 404 g/mol. The molecule has 106 valence electrons. The normalized spacial score (nSPS) is 12.3. The standard InChI is InChI=1S/C15H12Br2F2O/c1-8-3-4-9(5-11(8)16)15(17)14-12(18)6-10(20-2)7-13(14)19/h3-7,15H,1-2H3. The van der Waals surface area contributed by atoms with Crippen molar-refractivity contribution in [2.24, 2.45) is 0 Å². The molecule has 2 aromatic carbocycles. The second-order valence-electron chi connectivity index (χ2n) is 4.38. The van der Waals surface area contributed by atoms with Gasteiger partial charge in [0.25, 0.3) is 0 Å². The fourth-order valence-electron chi connectivity index (χ4n) is 1.85. The SMILES string of the molecule is COc1cc(F)c(C(Br)c2ccc(C)c(Br)c2)c(F)c1. The van der Waals surface area contributed by atoms with Crippen molar-refractivity contribution in [3.8, 4) is 5.75 Å². The Morgan fingerprint density at radius 3 is 2.20 bits per heavy atom. The van der Waals surface area contributed by atoms with E-state index in [-0.39, 0.29) is 11.3 Å². The molecule has 0 aromatic heterocycles. The van der Waals surface area contributed by atoms with Gasteiger partial charge in [0.05, 0.1) is 11.9 Å². The second kappa shape index (κ2) is 6.22. The molecule has 0 fully saturated rings. The Morgan fingerprint density at radius 1 is 1.10 bits per heavy atom. The average Bonchev–Trinajstić information content (AvgIpc) is 2.40. The maximum Gasteiger partial charge on any atom is 0.134 e. The third-order valence-electron chi connectivity index (χ3n) is 3.03. The molecule has 0 saturated carbocycles. The quantitative estimate of drug-likeness (QED) is 0.610. The largest absolute Gasteiger partial charge is 0.497 e. The summed E-state index contributed by atoms with van der Waals surface area (Å²) < 4.78 is 33.8. The van der Waals surface area contributed by atoms with Crippen LogP contribution in [0.5, 0.6) is 5.75 Å². The Balaban J connectivity index is 2.47. The van der Waals surface area contributed by atoms with Crippen LogP contribution in [0.2, 0.25) is 0 Å². The van der Waals surface area contributed by atoms with Crippen molar-refractivity contribution in [3.05, 3.63) is 63.1 Å². The number of hydrogen-bond donors (Lipinski definition) is 0. The molecule has 0 radical (unpaired) electrons. The van der Waals surface area contributed by atoms with Gasteiger partial charge in [-0.15, -0.1) is 0 Å². The van der Waals surface area contributed by atoms with Crippen LogP contribution in [0, 0.1) is 18.6 Å². The molecule has 0 aliphatic heterocycles. The van der Waals surface area contributed by atoms with E-state index in [1.165, 1.54) is 19.2 Å². The molecule has 0 aliphatic carbocycles. The predicted molar refractivity (Wildman–Crippen MR) is 82.6 cm³/mol. The summed E-state index contributed by atoms with van der Waals surface area (Å²) in [7, 11) is 1.37. The number of ether oxygens (including phenoxy) is 1. The maximum absolute atomic E-state index is 14.1. The summed E-state index contributed by atoms with van der Waals surface area (Å²) in [6, 6.07) is 7.93. The van der Waals surface area contributed by atoms with Crippen molar-refractivity contribution in [1.82, 2.24) is 0 Å². The fourth-order valence-corrected chi connectivity index (χ4v) is 2.97. The first-order chi connectivity index (χ1) is 9.43. The molecule has 0 bridgehead atoms. The summed E-state index contributed by atoms with van der Waals surface area (Å²) in [5.74, 6) is -1.12. The van der Waals surface area contributed by atoms with E-state index in [1.54, 1.807) is 0 Å². The molecule has 0 amide bonds. The molecule has 1 unspecified atom stereocenters. The summed E-state index contributed by atoms with van der Waals surface area (Å²) in [6.45, 7) is 1.95. The van der Waals surface area contributed by atoms with Gasteiger partial charge in [0.1, 0.15) is 17.4 Å². The van der Waals surface area contributed by atoms with Gasteiger partial charge >= 0.3 is 0 Å². The first-order valence-electron chi connectivity index (χ1n) is 5.87. The van der Waals surface area contributed by atoms with Crippen molar-refractivity contribution in [2.45, 2.75) is 11.8 Å². The van der Waals surface area contributed by atoms with E-state index in [4.69, 9.17) is 4.74 Å². The van der Waals surface area contributed by atoms with Crippen molar-refractivity contribution < 1.29 is 13.5 Å². The van der Waals surface area contributed by atoms with E-state index >= 15 is 0 Å². The highest BCUT2D eigenvalue weighted by molar-refractivity contribution is 9.10. The Morgan fingerprint density at radius 2 is 1.70 bits per heavy atom. The molecule has 0 heterocycles. The minimum absolute atomic E-state index is 0.0263. The molecular formula is C15H12Br2F2O. The van der Waals surface area contributed by atoms with Gasteiger partial charge in [-0.2, -0.15) is 0 Å². The highest BCUT2D eigenvalue weighted by Gasteiger charge is 2.21. The zero-order valence-electron chi connectivity index (χ0n) is 10.9. The number of rotatable bonds is 3. The van der Waals surface area contributed by atoms with Crippen molar-refractivity contribution in [3.63, 3.8) is 0 Å². The van der Waals surface area contributed by atoms with Crippen LogP contribution >= 0.6 is 31.9 Å². The Bertz CT molecular complexity index is 621. The van der Waals surface area contributed by atoms with Crippen LogP contribution in [0.3, 0.4) is 0 Å². The van der Waals surface area contributed by atoms with E-state index in [2.05, 4.69) is 31.9 Å². The van der Waals surface area contributed by atoms with Gasteiger partial charge in [-0.05, 0) is 24.1 Å². The molecule has 1 atom stereocenters. The second-order valence-corrected chi connectivity index (χ2v) is 6.15. The molecule has 2 rings (SSSR count). The van der Waals surface area contributed by atoms with Crippen LogP contribution in [0.4, 0.5) is 8.78 Å². The molecule has 0 aliphatic rings. The van der Waals surface area contributed by atoms with Gasteiger partial charge in [0, 0.05) is 22.2 Å². The lowest BCUT2D eigenvalue weighted by Gasteiger charge is -2.15. The number of benzene rings is 2. The predicted octanol–water partition coefficient (Wildman–Crippen LogP) is 5.53. The van der Waals surface area contributed by atoms with Crippen molar-refractivity contribution in [1.29, 1.82) is 0 Å². The molecular weight excluding hydrogens is 394 g/mol. The van der Waals surface area contributed by atoms with Crippen LogP contribution in [-0.2, 0) is 0 Å². The van der Waals surface area contributed by atoms with Crippen LogP contribution in [-0.4, -0.2) is 7.11 Å². The van der Waals surface area contributed by atoms with Crippen LogP contribution in [0.25, 0.3) is 0 Å². The van der Waals surface area contributed by atoms with Gasteiger partial charge in [-0.25, -0.2) is 8.78 Å². The zero-order valence-corrected chi connectivity index (χ0v) is 14.1. The first kappa shape index (κ1) is 15.4. The number of methoxy groups -OCH3 is 1. The minimum atomic E-state index is -0.638. The van der Waals surface area contributed by atoms with Gasteiger partial charge in [-0.3, -0.25) is 0 Å². The molecule has 1 nitrogen and oxygen atoms in total. The molecule has 0 N–H and O–H groups in total. The van der Waals surface area contributed by atoms with Gasteiger partial charge in [-0.1, -0.05) is 44.0 Å². The Hall–Kier alpha value is -0.940. The maximum atomic E-state index is 14.1. The molecule has 2 aromatic rings. The number of aryl methyl sites for hydroxylation is 1.